The van der Waals surface area contributed by atoms with Crippen molar-refractivity contribution in [2.45, 2.75) is 10.8 Å². The Labute approximate surface area is 160 Å². The summed E-state index contributed by atoms with van der Waals surface area (Å²) in [5, 5.41) is 9.51. The van der Waals surface area contributed by atoms with E-state index in [1.165, 1.54) is 58.7 Å². The van der Waals surface area contributed by atoms with Gasteiger partial charge >= 0.3 is 0 Å². The second kappa shape index (κ2) is 8.88. The Balaban J connectivity index is 1.45. The largest absolute Gasteiger partial charge is 0.325 e. The topological polar surface area (TPSA) is 84.0 Å². The van der Waals surface area contributed by atoms with Crippen molar-refractivity contribution in [1.29, 1.82) is 0 Å². The van der Waals surface area contributed by atoms with Crippen molar-refractivity contribution in [2.24, 2.45) is 0 Å². The van der Waals surface area contributed by atoms with E-state index in [-0.39, 0.29) is 29.8 Å². The summed E-state index contributed by atoms with van der Waals surface area (Å²) in [5.41, 5.74) is 1.18. The number of halogens is 1. The Morgan fingerprint density at radius 1 is 1.12 bits per heavy atom. The molecule has 0 unspecified atom stereocenters. The van der Waals surface area contributed by atoms with Crippen LogP contribution in [-0.4, -0.2) is 27.5 Å². The minimum atomic E-state index is -0.355. The molecule has 0 saturated heterocycles. The summed E-state index contributed by atoms with van der Waals surface area (Å²) in [6.45, 7) is 0. The SMILES string of the molecule is O=C(CSc1nc(CC(=O)Nc2nccs2)cs1)Nc1ccc(F)cc1. The number of benzene rings is 1. The third kappa shape index (κ3) is 5.61. The molecule has 0 aliphatic rings. The van der Waals surface area contributed by atoms with Crippen LogP contribution in [0.5, 0.6) is 0 Å². The average Bonchev–Trinajstić information content (AvgIpc) is 3.27. The number of hydrogen-bond donors (Lipinski definition) is 2. The Morgan fingerprint density at radius 2 is 1.92 bits per heavy atom. The van der Waals surface area contributed by atoms with E-state index in [0.717, 1.165) is 0 Å². The van der Waals surface area contributed by atoms with E-state index in [2.05, 4.69) is 20.6 Å². The summed E-state index contributed by atoms with van der Waals surface area (Å²) in [6, 6.07) is 5.57. The molecular weight excluding hydrogens is 395 g/mol. The molecule has 6 nitrogen and oxygen atoms in total. The van der Waals surface area contributed by atoms with Crippen molar-refractivity contribution < 1.29 is 14.0 Å². The predicted octanol–water partition coefficient (Wildman–Crippen LogP) is 3.65. The van der Waals surface area contributed by atoms with Gasteiger partial charge in [0.05, 0.1) is 17.9 Å². The molecule has 2 amide bonds. The molecule has 0 aliphatic heterocycles. The fourth-order valence-electron chi connectivity index (χ4n) is 1.91. The minimum absolute atomic E-state index is 0.151. The maximum atomic E-state index is 12.8. The quantitative estimate of drug-likeness (QED) is 0.583. The summed E-state index contributed by atoms with van der Waals surface area (Å²) in [7, 11) is 0. The number of nitrogens with zero attached hydrogens (tertiary/aromatic N) is 2. The Morgan fingerprint density at radius 3 is 2.65 bits per heavy atom. The van der Waals surface area contributed by atoms with E-state index in [9.17, 15) is 14.0 Å². The molecular formula is C16H13FN4O2S3. The number of anilines is 2. The summed E-state index contributed by atoms with van der Waals surface area (Å²) < 4.78 is 13.5. The molecule has 3 aromatic rings. The summed E-state index contributed by atoms with van der Waals surface area (Å²) in [6.07, 6.45) is 1.77. The van der Waals surface area contributed by atoms with Gasteiger partial charge in [0.15, 0.2) is 9.47 Å². The predicted molar refractivity (Wildman–Crippen MR) is 102 cm³/mol. The minimum Gasteiger partial charge on any atom is -0.325 e. The Hall–Kier alpha value is -2.30. The van der Waals surface area contributed by atoms with Gasteiger partial charge in [-0.2, -0.15) is 0 Å². The maximum absolute atomic E-state index is 12.8. The van der Waals surface area contributed by atoms with E-state index in [1.807, 2.05) is 0 Å². The number of aromatic nitrogens is 2. The number of amides is 2. The van der Waals surface area contributed by atoms with Crippen LogP contribution >= 0.6 is 34.4 Å². The second-order valence-corrected chi connectivity index (χ2v) is 7.99. The first-order valence-electron chi connectivity index (χ1n) is 7.40. The van der Waals surface area contributed by atoms with Crippen LogP contribution in [-0.2, 0) is 16.0 Å². The van der Waals surface area contributed by atoms with Crippen molar-refractivity contribution in [1.82, 2.24) is 9.97 Å². The first-order chi connectivity index (χ1) is 12.6. The molecule has 2 heterocycles. The monoisotopic (exact) mass is 408 g/mol. The van der Waals surface area contributed by atoms with Crippen LogP contribution in [0.1, 0.15) is 5.69 Å². The van der Waals surface area contributed by atoms with Gasteiger partial charge < -0.3 is 10.6 Å². The zero-order valence-corrected chi connectivity index (χ0v) is 15.7. The molecule has 0 fully saturated rings. The zero-order valence-electron chi connectivity index (χ0n) is 13.3. The molecule has 0 atom stereocenters. The van der Waals surface area contributed by atoms with Crippen molar-refractivity contribution >= 4 is 57.1 Å². The molecule has 10 heteroatoms. The van der Waals surface area contributed by atoms with Crippen LogP contribution in [0.4, 0.5) is 15.2 Å². The number of carbonyl (C=O) groups excluding carboxylic acids is 2. The lowest BCUT2D eigenvalue weighted by Gasteiger charge is -2.03. The molecule has 0 saturated carbocycles. The number of rotatable bonds is 7. The molecule has 2 N–H and O–H groups in total. The fourth-order valence-corrected chi connectivity index (χ4v) is 4.10. The highest BCUT2D eigenvalue weighted by Gasteiger charge is 2.11. The van der Waals surface area contributed by atoms with Gasteiger partial charge in [0.1, 0.15) is 5.82 Å². The van der Waals surface area contributed by atoms with Gasteiger partial charge in [-0.15, -0.1) is 22.7 Å². The van der Waals surface area contributed by atoms with Gasteiger partial charge in [0, 0.05) is 22.6 Å². The molecule has 3 rings (SSSR count). The summed E-state index contributed by atoms with van der Waals surface area (Å²) in [4.78, 5) is 32.2. The number of carbonyl (C=O) groups is 2. The molecule has 0 bridgehead atoms. The Bertz CT molecular complexity index is 881. The van der Waals surface area contributed by atoms with Crippen LogP contribution < -0.4 is 10.6 Å². The smallest absolute Gasteiger partial charge is 0.234 e. The lowest BCUT2D eigenvalue weighted by Crippen LogP contribution is -2.14. The standard InChI is InChI=1S/C16H13FN4O2S3/c17-10-1-3-11(4-2-10)19-14(23)9-26-16-20-12(8-25-16)7-13(22)21-15-18-5-6-24-15/h1-6,8H,7,9H2,(H,19,23)(H,18,21,22). The van der Waals surface area contributed by atoms with Gasteiger partial charge in [0.25, 0.3) is 0 Å². The van der Waals surface area contributed by atoms with E-state index in [0.29, 0.717) is 20.9 Å². The van der Waals surface area contributed by atoms with Gasteiger partial charge in [-0.1, -0.05) is 11.8 Å². The summed E-state index contributed by atoms with van der Waals surface area (Å²) >= 11 is 4.01. The number of nitrogens with one attached hydrogen (secondary N) is 2. The Kier molecular flexibility index (Phi) is 6.31. The highest BCUT2D eigenvalue weighted by atomic mass is 32.2. The highest BCUT2D eigenvalue weighted by molar-refractivity contribution is 8.01. The first kappa shape index (κ1) is 18.5. The molecule has 0 spiro atoms. The molecule has 0 radical (unpaired) electrons. The van der Waals surface area contributed by atoms with Crippen molar-refractivity contribution in [3.05, 3.63) is 52.7 Å². The van der Waals surface area contributed by atoms with E-state index in [1.54, 1.807) is 17.0 Å². The van der Waals surface area contributed by atoms with Crippen molar-refractivity contribution in [2.75, 3.05) is 16.4 Å². The van der Waals surface area contributed by atoms with Crippen molar-refractivity contribution in [3.63, 3.8) is 0 Å². The van der Waals surface area contributed by atoms with E-state index >= 15 is 0 Å². The van der Waals surface area contributed by atoms with Gasteiger partial charge in [-0.3, -0.25) is 9.59 Å². The highest BCUT2D eigenvalue weighted by Crippen LogP contribution is 2.23. The van der Waals surface area contributed by atoms with Gasteiger partial charge in [-0.25, -0.2) is 14.4 Å². The lowest BCUT2D eigenvalue weighted by atomic mass is 10.3. The number of thioether (sulfide) groups is 1. The third-order valence-electron chi connectivity index (χ3n) is 3.01. The van der Waals surface area contributed by atoms with Gasteiger partial charge in [0.2, 0.25) is 11.8 Å². The third-order valence-corrected chi connectivity index (χ3v) is 5.76. The number of hydrogen-bond acceptors (Lipinski definition) is 7. The maximum Gasteiger partial charge on any atom is 0.234 e. The first-order valence-corrected chi connectivity index (χ1v) is 10.1. The molecule has 2 aromatic heterocycles. The molecule has 134 valence electrons. The molecule has 1 aromatic carbocycles. The summed E-state index contributed by atoms with van der Waals surface area (Å²) in [5.74, 6) is -0.572. The van der Waals surface area contributed by atoms with Crippen LogP contribution in [0.15, 0.2) is 45.6 Å². The van der Waals surface area contributed by atoms with Crippen LogP contribution in [0.25, 0.3) is 0 Å². The van der Waals surface area contributed by atoms with Crippen molar-refractivity contribution in [3.8, 4) is 0 Å². The normalized spacial score (nSPS) is 10.5. The van der Waals surface area contributed by atoms with Gasteiger partial charge in [-0.05, 0) is 24.3 Å². The van der Waals surface area contributed by atoms with Crippen LogP contribution in [0.3, 0.4) is 0 Å². The molecule has 0 aliphatic carbocycles. The number of thiazole rings is 2. The fraction of sp³-hybridized carbons (Fsp3) is 0.125. The molecule has 26 heavy (non-hydrogen) atoms. The van der Waals surface area contributed by atoms with Crippen LogP contribution in [0.2, 0.25) is 0 Å². The van der Waals surface area contributed by atoms with Crippen LogP contribution in [0, 0.1) is 5.82 Å². The van der Waals surface area contributed by atoms with E-state index in [4.69, 9.17) is 0 Å². The zero-order chi connectivity index (χ0) is 18.4. The second-order valence-electron chi connectivity index (χ2n) is 5.01. The van der Waals surface area contributed by atoms with E-state index < -0.39 is 0 Å². The average molecular weight is 409 g/mol. The lowest BCUT2D eigenvalue weighted by molar-refractivity contribution is -0.116.